The molecule has 0 amide bonds. The molecule has 9 nitrogen and oxygen atoms in total. The second kappa shape index (κ2) is 10.1. The van der Waals surface area contributed by atoms with Gasteiger partial charge in [0.25, 0.3) is 0 Å². The Morgan fingerprint density at radius 1 is 1.41 bits per heavy atom. The van der Waals surface area contributed by atoms with E-state index in [0.29, 0.717) is 18.3 Å². The number of hydrogen-bond acceptors (Lipinski definition) is 10. The van der Waals surface area contributed by atoms with Crippen LogP contribution in [0.1, 0.15) is 31.4 Å². The predicted octanol–water partition coefficient (Wildman–Crippen LogP) is 1.72. The first kappa shape index (κ1) is 21.0. The van der Waals surface area contributed by atoms with Gasteiger partial charge >= 0.3 is 0 Å². The Morgan fingerprint density at radius 3 is 2.74 bits per heavy atom. The topological polar surface area (TPSA) is 110 Å². The van der Waals surface area contributed by atoms with Gasteiger partial charge < -0.3 is 24.7 Å². The van der Waals surface area contributed by atoms with Gasteiger partial charge in [0.2, 0.25) is 11.8 Å². The first-order valence-corrected chi connectivity index (χ1v) is 9.33. The van der Waals surface area contributed by atoms with Crippen molar-refractivity contribution in [2.75, 3.05) is 26.0 Å². The lowest BCUT2D eigenvalue weighted by atomic mass is 10.2. The summed E-state index contributed by atoms with van der Waals surface area (Å²) >= 11 is 1.45. The highest BCUT2D eigenvalue weighted by Gasteiger charge is 2.36. The van der Waals surface area contributed by atoms with Crippen LogP contribution in [0.3, 0.4) is 0 Å². The van der Waals surface area contributed by atoms with E-state index in [9.17, 15) is 5.11 Å². The van der Waals surface area contributed by atoms with Crippen LogP contribution in [0.2, 0.25) is 0 Å². The van der Waals surface area contributed by atoms with Gasteiger partial charge in [-0.3, -0.25) is 4.90 Å². The molecule has 0 saturated carbocycles. The minimum absolute atomic E-state index is 0.0500. The molecule has 10 heteroatoms. The number of thiazole rings is 1. The highest BCUT2D eigenvalue weighted by atomic mass is 32.1. The SMILES string of the molecule is CC=O.CNc1ncc(C(O)N2CC(Oc3cc(OC)ncn3)CC2C)s1. The van der Waals surface area contributed by atoms with E-state index in [-0.39, 0.29) is 12.1 Å². The lowest BCUT2D eigenvalue weighted by molar-refractivity contribution is -0.106. The Balaban J connectivity index is 0.000000817. The van der Waals surface area contributed by atoms with E-state index in [2.05, 4.69) is 27.2 Å². The number of ether oxygens (including phenoxy) is 2. The Hall–Kier alpha value is -2.30. The van der Waals surface area contributed by atoms with Crippen LogP contribution in [0.4, 0.5) is 5.13 Å². The van der Waals surface area contributed by atoms with Crippen molar-refractivity contribution in [3.63, 3.8) is 0 Å². The first-order valence-electron chi connectivity index (χ1n) is 8.52. The van der Waals surface area contributed by atoms with E-state index in [1.807, 2.05) is 11.9 Å². The minimum atomic E-state index is -0.687. The molecule has 1 aliphatic rings. The third-order valence-corrected chi connectivity index (χ3v) is 5.06. The molecule has 0 radical (unpaired) electrons. The molecule has 1 aliphatic heterocycles. The number of likely N-dealkylation sites (tertiary alicyclic amines) is 1. The molecule has 0 bridgehead atoms. The normalized spacial score (nSPS) is 20.3. The fourth-order valence-electron chi connectivity index (χ4n) is 2.79. The number of carbonyl (C=O) groups is 1. The molecule has 1 fully saturated rings. The number of anilines is 1. The number of nitrogens with one attached hydrogen (secondary N) is 1. The van der Waals surface area contributed by atoms with Crippen molar-refractivity contribution in [3.05, 3.63) is 23.5 Å². The molecule has 148 valence electrons. The molecule has 3 rings (SSSR count). The Labute approximate surface area is 162 Å². The number of hydrogen-bond donors (Lipinski definition) is 2. The van der Waals surface area contributed by atoms with Crippen molar-refractivity contribution in [2.45, 2.75) is 38.6 Å². The molecule has 2 N–H and O–H groups in total. The summed E-state index contributed by atoms with van der Waals surface area (Å²) < 4.78 is 11.0. The third kappa shape index (κ3) is 5.59. The van der Waals surface area contributed by atoms with Crippen LogP contribution in [-0.4, -0.2) is 64.1 Å². The molecule has 27 heavy (non-hydrogen) atoms. The zero-order valence-electron chi connectivity index (χ0n) is 15.8. The first-order chi connectivity index (χ1) is 13.0. The van der Waals surface area contributed by atoms with Crippen molar-refractivity contribution < 1.29 is 19.4 Å². The third-order valence-electron chi connectivity index (χ3n) is 4.00. The number of aliphatic hydroxyl groups excluding tert-OH is 1. The van der Waals surface area contributed by atoms with Crippen LogP contribution in [-0.2, 0) is 4.79 Å². The fourth-order valence-corrected chi connectivity index (χ4v) is 3.56. The van der Waals surface area contributed by atoms with E-state index < -0.39 is 6.23 Å². The minimum Gasteiger partial charge on any atom is -0.481 e. The summed E-state index contributed by atoms with van der Waals surface area (Å²) in [5, 5.41) is 14.4. The van der Waals surface area contributed by atoms with Crippen molar-refractivity contribution in [3.8, 4) is 11.8 Å². The number of methoxy groups -OCH3 is 1. The van der Waals surface area contributed by atoms with Crippen LogP contribution in [0.15, 0.2) is 18.6 Å². The molecule has 0 aliphatic carbocycles. The molecule has 3 atom stereocenters. The maximum absolute atomic E-state index is 10.6. The Kier molecular flexibility index (Phi) is 7.89. The lowest BCUT2D eigenvalue weighted by Gasteiger charge is -2.25. The molecule has 0 aromatic carbocycles. The zero-order valence-corrected chi connectivity index (χ0v) is 16.6. The summed E-state index contributed by atoms with van der Waals surface area (Å²) in [6, 6.07) is 1.85. The van der Waals surface area contributed by atoms with Crippen molar-refractivity contribution in [2.24, 2.45) is 0 Å². The Bertz CT molecular complexity index is 729. The van der Waals surface area contributed by atoms with E-state index in [1.54, 1.807) is 19.4 Å². The largest absolute Gasteiger partial charge is 0.481 e. The van der Waals surface area contributed by atoms with Gasteiger partial charge in [-0.25, -0.2) is 15.0 Å². The highest BCUT2D eigenvalue weighted by Crippen LogP contribution is 2.33. The summed E-state index contributed by atoms with van der Waals surface area (Å²) in [6.07, 6.45) is 3.94. The number of aliphatic hydroxyl groups is 1. The van der Waals surface area contributed by atoms with Crippen LogP contribution in [0, 0.1) is 0 Å². The number of aromatic nitrogens is 3. The number of carbonyl (C=O) groups excluding carboxylic acids is 1. The van der Waals surface area contributed by atoms with Gasteiger partial charge in [-0.1, -0.05) is 11.3 Å². The standard InChI is InChI=1S/C15H21N5O3S.C2H4O/c1-9-4-10(23-13-5-12(22-3)18-8-19-13)7-20(9)14(21)11-6-17-15(16-2)24-11;1-2-3/h5-6,8-10,14,21H,4,7H2,1-3H3,(H,16,17);2H,1H3. The highest BCUT2D eigenvalue weighted by molar-refractivity contribution is 7.15. The van der Waals surface area contributed by atoms with Crippen molar-refractivity contribution >= 4 is 22.8 Å². The summed E-state index contributed by atoms with van der Waals surface area (Å²) in [4.78, 5) is 23.9. The van der Waals surface area contributed by atoms with Crippen molar-refractivity contribution in [1.29, 1.82) is 0 Å². The predicted molar refractivity (Wildman–Crippen MR) is 102 cm³/mol. The molecule has 2 aromatic heterocycles. The molecule has 3 unspecified atom stereocenters. The van der Waals surface area contributed by atoms with Crippen molar-refractivity contribution in [1.82, 2.24) is 19.9 Å². The van der Waals surface area contributed by atoms with Gasteiger partial charge in [0.15, 0.2) is 5.13 Å². The molecule has 2 aromatic rings. The second-order valence-electron chi connectivity index (χ2n) is 5.85. The maximum Gasteiger partial charge on any atom is 0.220 e. The Morgan fingerprint density at radius 2 is 2.11 bits per heavy atom. The smallest absolute Gasteiger partial charge is 0.220 e. The van der Waals surface area contributed by atoms with Gasteiger partial charge in [-0.2, -0.15) is 0 Å². The van der Waals surface area contributed by atoms with Gasteiger partial charge in [0.1, 0.15) is 24.9 Å². The van der Waals surface area contributed by atoms with Crippen LogP contribution < -0.4 is 14.8 Å². The van der Waals surface area contributed by atoms with Gasteiger partial charge in [0, 0.05) is 32.3 Å². The average molecular weight is 395 g/mol. The summed E-state index contributed by atoms with van der Waals surface area (Å²) in [5.74, 6) is 0.942. The molecule has 0 spiro atoms. The number of rotatable bonds is 6. The lowest BCUT2D eigenvalue weighted by Crippen LogP contribution is -2.32. The summed E-state index contributed by atoms with van der Waals surface area (Å²) in [6.45, 7) is 4.13. The monoisotopic (exact) mass is 395 g/mol. The quantitative estimate of drug-likeness (QED) is 0.706. The van der Waals surface area contributed by atoms with Crippen LogP contribution >= 0.6 is 11.3 Å². The number of nitrogens with zero attached hydrogens (tertiary/aromatic N) is 4. The van der Waals surface area contributed by atoms with E-state index >= 15 is 0 Å². The zero-order chi connectivity index (χ0) is 19.8. The maximum atomic E-state index is 10.6. The number of aldehydes is 1. The van der Waals surface area contributed by atoms with Gasteiger partial charge in [-0.05, 0) is 13.8 Å². The van der Waals surface area contributed by atoms with Gasteiger partial charge in [0.05, 0.1) is 18.1 Å². The van der Waals surface area contributed by atoms with Crippen LogP contribution in [0.5, 0.6) is 11.8 Å². The summed E-state index contributed by atoms with van der Waals surface area (Å²) in [5.41, 5.74) is 0. The molecule has 1 saturated heterocycles. The van der Waals surface area contributed by atoms with E-state index in [1.165, 1.54) is 24.6 Å². The van der Waals surface area contributed by atoms with Crippen LogP contribution in [0.25, 0.3) is 0 Å². The molecule has 3 heterocycles. The van der Waals surface area contributed by atoms with Gasteiger partial charge in [-0.15, -0.1) is 0 Å². The second-order valence-corrected chi connectivity index (χ2v) is 6.91. The fraction of sp³-hybridized carbons (Fsp3) is 0.529. The summed E-state index contributed by atoms with van der Waals surface area (Å²) in [7, 11) is 3.36. The average Bonchev–Trinajstić information content (AvgIpc) is 3.28. The molecular weight excluding hydrogens is 370 g/mol. The molecular formula is C17H25N5O4S. The van der Waals surface area contributed by atoms with E-state index in [4.69, 9.17) is 14.3 Å². The van der Waals surface area contributed by atoms with E-state index in [0.717, 1.165) is 22.7 Å².